The first-order valence-electron chi connectivity index (χ1n) is 11.9. The molecule has 0 atom stereocenters. The van der Waals surface area contributed by atoms with Crippen LogP contribution >= 0.6 is 11.3 Å². The molecule has 7 nitrogen and oxygen atoms in total. The lowest BCUT2D eigenvalue weighted by atomic mass is 10.1. The van der Waals surface area contributed by atoms with Gasteiger partial charge >= 0.3 is 5.97 Å². The van der Waals surface area contributed by atoms with Crippen molar-refractivity contribution in [2.75, 3.05) is 6.61 Å². The summed E-state index contributed by atoms with van der Waals surface area (Å²) in [4.78, 5) is 44.4. The number of aromatic nitrogens is 3. The zero-order valence-corrected chi connectivity index (χ0v) is 20.7. The Kier molecular flexibility index (Phi) is 6.38. The van der Waals surface area contributed by atoms with Crippen molar-refractivity contribution in [2.24, 2.45) is 0 Å². The van der Waals surface area contributed by atoms with E-state index in [2.05, 4.69) is 15.6 Å². The molecule has 8 heteroatoms. The third kappa shape index (κ3) is 4.58. The fourth-order valence-electron chi connectivity index (χ4n) is 4.72. The maximum Gasteiger partial charge on any atom is 0.338 e. The van der Waals surface area contributed by atoms with Crippen LogP contribution in [0.1, 0.15) is 62.1 Å². The third-order valence-electron chi connectivity index (χ3n) is 6.65. The van der Waals surface area contributed by atoms with Crippen molar-refractivity contribution < 1.29 is 14.3 Å². The number of thiophene rings is 1. The van der Waals surface area contributed by atoms with Crippen LogP contribution in [0.15, 0.2) is 46.6 Å². The molecule has 1 aromatic carbocycles. The first-order chi connectivity index (χ1) is 16.9. The molecule has 0 spiro atoms. The number of nitrogens with zero attached hydrogens (tertiary/aromatic N) is 3. The van der Waals surface area contributed by atoms with Crippen LogP contribution in [0.25, 0.3) is 10.9 Å². The van der Waals surface area contributed by atoms with E-state index in [1.54, 1.807) is 34.1 Å². The SMILES string of the molecule is Cc1cc(C(=O)COC(=O)c2ccc3c(=O)n4c(nc3c2)CCCCC4)c(C)n1Cc1cccs1. The summed E-state index contributed by atoms with van der Waals surface area (Å²) < 4.78 is 9.20. The van der Waals surface area contributed by atoms with Gasteiger partial charge in [-0.05, 0) is 62.4 Å². The number of carbonyl (C=O) groups excluding carboxylic acids is 2. The minimum absolute atomic E-state index is 0.0695. The van der Waals surface area contributed by atoms with Gasteiger partial charge in [0.1, 0.15) is 5.82 Å². The number of hydrogen-bond acceptors (Lipinski definition) is 6. The molecule has 1 aliphatic rings. The van der Waals surface area contributed by atoms with Gasteiger partial charge in [0.15, 0.2) is 6.61 Å². The molecule has 1 aliphatic heterocycles. The van der Waals surface area contributed by atoms with Gasteiger partial charge in [-0.25, -0.2) is 9.78 Å². The highest BCUT2D eigenvalue weighted by Crippen LogP contribution is 2.21. The van der Waals surface area contributed by atoms with Crippen molar-refractivity contribution in [1.82, 2.24) is 14.1 Å². The number of carbonyl (C=O) groups is 2. The molecule has 0 fully saturated rings. The normalized spacial score (nSPS) is 13.4. The lowest BCUT2D eigenvalue weighted by Crippen LogP contribution is -2.24. The Balaban J connectivity index is 1.32. The summed E-state index contributed by atoms with van der Waals surface area (Å²) >= 11 is 1.67. The second-order valence-electron chi connectivity index (χ2n) is 8.98. The molecule has 35 heavy (non-hydrogen) atoms. The minimum Gasteiger partial charge on any atom is -0.454 e. The summed E-state index contributed by atoms with van der Waals surface area (Å²) in [6.45, 7) is 4.91. The summed E-state index contributed by atoms with van der Waals surface area (Å²) in [6.07, 6.45) is 3.78. The molecule has 3 aromatic heterocycles. The maximum atomic E-state index is 12.9. The standard InChI is InChI=1S/C27H27N3O4S/c1-17-13-22(18(2)30(17)15-20-7-6-12-35-20)24(31)16-34-27(33)19-9-10-21-23(14-19)28-25-8-4-3-5-11-29(25)26(21)32/h6-7,9-10,12-14H,3-5,8,11,15-16H2,1-2H3. The van der Waals surface area contributed by atoms with Crippen molar-refractivity contribution in [3.63, 3.8) is 0 Å². The monoisotopic (exact) mass is 489 g/mol. The fraction of sp³-hybridized carbons (Fsp3) is 0.333. The summed E-state index contributed by atoms with van der Waals surface area (Å²) in [5.41, 5.74) is 3.09. The number of ketones is 1. The first-order valence-corrected chi connectivity index (χ1v) is 12.7. The largest absolute Gasteiger partial charge is 0.454 e. The minimum atomic E-state index is -0.607. The Morgan fingerprint density at radius 1 is 1.11 bits per heavy atom. The predicted octanol–water partition coefficient (Wildman–Crippen LogP) is 4.69. The smallest absolute Gasteiger partial charge is 0.338 e. The number of hydrogen-bond donors (Lipinski definition) is 0. The molecule has 0 amide bonds. The van der Waals surface area contributed by atoms with E-state index in [1.807, 2.05) is 31.4 Å². The number of esters is 1. The molecular weight excluding hydrogens is 462 g/mol. The fourth-order valence-corrected chi connectivity index (χ4v) is 5.42. The molecular formula is C27H27N3O4S. The molecule has 4 heterocycles. The quantitative estimate of drug-likeness (QED) is 0.290. The van der Waals surface area contributed by atoms with Gasteiger partial charge < -0.3 is 9.30 Å². The zero-order chi connectivity index (χ0) is 24.5. The number of benzene rings is 1. The van der Waals surface area contributed by atoms with Crippen molar-refractivity contribution in [1.29, 1.82) is 0 Å². The van der Waals surface area contributed by atoms with Crippen molar-refractivity contribution >= 4 is 34.0 Å². The molecule has 0 bridgehead atoms. The van der Waals surface area contributed by atoms with Gasteiger partial charge in [-0.2, -0.15) is 0 Å². The third-order valence-corrected chi connectivity index (χ3v) is 7.52. The maximum absolute atomic E-state index is 12.9. The predicted molar refractivity (Wildman–Crippen MR) is 135 cm³/mol. The highest BCUT2D eigenvalue weighted by molar-refractivity contribution is 7.09. The van der Waals surface area contributed by atoms with Gasteiger partial charge in [0.05, 0.1) is 23.0 Å². The molecule has 0 aliphatic carbocycles. The topological polar surface area (TPSA) is 83.2 Å². The van der Waals surface area contributed by atoms with Crippen LogP contribution < -0.4 is 5.56 Å². The number of aryl methyl sites for hydroxylation is 2. The van der Waals surface area contributed by atoms with E-state index in [-0.39, 0.29) is 23.5 Å². The lowest BCUT2D eigenvalue weighted by molar-refractivity contribution is 0.0474. The van der Waals surface area contributed by atoms with E-state index in [1.165, 1.54) is 4.88 Å². The molecule has 0 N–H and O–H groups in total. The van der Waals surface area contributed by atoms with Crippen LogP contribution in [0.5, 0.6) is 0 Å². The molecule has 180 valence electrons. The average molecular weight is 490 g/mol. The van der Waals surface area contributed by atoms with E-state index >= 15 is 0 Å². The molecule has 0 unspecified atom stereocenters. The van der Waals surface area contributed by atoms with Gasteiger partial charge in [0.25, 0.3) is 5.56 Å². The number of fused-ring (bicyclic) bond motifs is 2. The molecule has 0 saturated heterocycles. The number of rotatable bonds is 6. The Morgan fingerprint density at radius 2 is 1.97 bits per heavy atom. The Morgan fingerprint density at radius 3 is 2.77 bits per heavy atom. The Bertz CT molecular complexity index is 1480. The van der Waals surface area contributed by atoms with Crippen LogP contribution in [0, 0.1) is 13.8 Å². The molecule has 0 radical (unpaired) electrons. The van der Waals surface area contributed by atoms with Gasteiger partial charge in [0.2, 0.25) is 5.78 Å². The summed E-state index contributed by atoms with van der Waals surface area (Å²) in [7, 11) is 0. The highest BCUT2D eigenvalue weighted by Gasteiger charge is 2.20. The average Bonchev–Trinajstić information content (AvgIpc) is 3.38. The van der Waals surface area contributed by atoms with Gasteiger partial charge in [-0.15, -0.1) is 11.3 Å². The highest BCUT2D eigenvalue weighted by atomic mass is 32.1. The Hall–Kier alpha value is -3.52. The second kappa shape index (κ2) is 9.62. The van der Waals surface area contributed by atoms with Crippen LogP contribution in [0.4, 0.5) is 0 Å². The second-order valence-corrected chi connectivity index (χ2v) is 10.0. The van der Waals surface area contributed by atoms with Gasteiger partial charge in [-0.3, -0.25) is 14.2 Å². The van der Waals surface area contributed by atoms with E-state index in [9.17, 15) is 14.4 Å². The molecule has 4 aromatic rings. The van der Waals surface area contributed by atoms with Crippen molar-refractivity contribution in [2.45, 2.75) is 52.6 Å². The van der Waals surface area contributed by atoms with E-state index in [4.69, 9.17) is 4.74 Å². The molecule has 5 rings (SSSR count). The summed E-state index contributed by atoms with van der Waals surface area (Å²) in [5.74, 6) is -0.0885. The summed E-state index contributed by atoms with van der Waals surface area (Å²) in [6, 6.07) is 10.7. The van der Waals surface area contributed by atoms with E-state index < -0.39 is 5.97 Å². The number of ether oxygens (including phenoxy) is 1. The van der Waals surface area contributed by atoms with Crippen LogP contribution in [-0.4, -0.2) is 32.5 Å². The van der Waals surface area contributed by atoms with Crippen LogP contribution in [0.3, 0.4) is 0 Å². The van der Waals surface area contributed by atoms with Crippen molar-refractivity contribution in [3.05, 3.63) is 85.3 Å². The van der Waals surface area contributed by atoms with Gasteiger partial charge in [0, 0.05) is 34.8 Å². The van der Waals surface area contributed by atoms with E-state index in [0.717, 1.165) is 42.9 Å². The zero-order valence-electron chi connectivity index (χ0n) is 19.9. The lowest BCUT2D eigenvalue weighted by Gasteiger charge is -2.11. The van der Waals surface area contributed by atoms with Crippen LogP contribution in [0.2, 0.25) is 0 Å². The number of Topliss-reactive ketones (excluding diaryl/α,β-unsaturated/α-hetero) is 1. The summed E-state index contributed by atoms with van der Waals surface area (Å²) in [5, 5.41) is 2.52. The Labute approximate surface area is 207 Å². The van der Waals surface area contributed by atoms with Gasteiger partial charge in [-0.1, -0.05) is 12.5 Å². The van der Waals surface area contributed by atoms with Crippen molar-refractivity contribution in [3.8, 4) is 0 Å². The molecule has 0 saturated carbocycles. The first kappa shape index (κ1) is 23.2. The van der Waals surface area contributed by atoms with E-state index in [0.29, 0.717) is 29.6 Å². The van der Waals surface area contributed by atoms with Crippen LogP contribution in [-0.2, 0) is 24.2 Å².